The highest BCUT2D eigenvalue weighted by molar-refractivity contribution is 14.1. The minimum absolute atomic E-state index is 0.0704. The SMILES string of the molecule is O=C(NNC(=O)c1cccc(S(=O)(=O)N2CCCC2)c1)c1cccc(I)c1. The molecule has 0 saturated carbocycles. The minimum atomic E-state index is -3.61. The number of amides is 2. The van der Waals surface area contributed by atoms with Crippen LogP contribution in [0.3, 0.4) is 0 Å². The molecule has 0 spiro atoms. The summed E-state index contributed by atoms with van der Waals surface area (Å²) in [5, 5.41) is 0. The molecule has 0 radical (unpaired) electrons. The van der Waals surface area contributed by atoms with E-state index in [-0.39, 0.29) is 10.5 Å². The molecule has 2 N–H and O–H groups in total. The van der Waals surface area contributed by atoms with Gasteiger partial charge in [-0.3, -0.25) is 20.4 Å². The maximum atomic E-state index is 12.6. The van der Waals surface area contributed by atoms with E-state index in [1.54, 1.807) is 18.2 Å². The number of sulfonamides is 1. The van der Waals surface area contributed by atoms with Crippen molar-refractivity contribution < 1.29 is 18.0 Å². The van der Waals surface area contributed by atoms with Gasteiger partial charge in [-0.1, -0.05) is 12.1 Å². The van der Waals surface area contributed by atoms with Gasteiger partial charge in [0, 0.05) is 27.8 Å². The van der Waals surface area contributed by atoms with E-state index in [9.17, 15) is 18.0 Å². The van der Waals surface area contributed by atoms with Crippen LogP contribution in [0.4, 0.5) is 0 Å². The third-order valence-corrected chi connectivity index (χ3v) is 6.74. The van der Waals surface area contributed by atoms with Crippen LogP contribution in [-0.2, 0) is 10.0 Å². The van der Waals surface area contributed by atoms with Gasteiger partial charge in [0.05, 0.1) is 4.90 Å². The summed E-state index contributed by atoms with van der Waals surface area (Å²) < 4.78 is 27.5. The summed E-state index contributed by atoms with van der Waals surface area (Å²) in [5.41, 5.74) is 5.21. The van der Waals surface area contributed by atoms with Gasteiger partial charge < -0.3 is 0 Å². The molecule has 1 aliphatic rings. The molecule has 1 saturated heterocycles. The Balaban J connectivity index is 1.69. The largest absolute Gasteiger partial charge is 0.269 e. The third kappa shape index (κ3) is 4.66. The van der Waals surface area contributed by atoms with E-state index in [0.29, 0.717) is 18.7 Å². The fourth-order valence-corrected chi connectivity index (χ4v) is 4.87. The Morgan fingerprint density at radius 1 is 0.889 bits per heavy atom. The van der Waals surface area contributed by atoms with Crippen LogP contribution < -0.4 is 10.9 Å². The van der Waals surface area contributed by atoms with Crippen LogP contribution in [0, 0.1) is 3.57 Å². The van der Waals surface area contributed by atoms with Crippen LogP contribution in [0.5, 0.6) is 0 Å². The molecule has 1 fully saturated rings. The second kappa shape index (κ2) is 8.36. The number of carbonyl (C=O) groups is 2. The molecular formula is C18H18IN3O4S. The molecule has 0 aromatic heterocycles. The highest BCUT2D eigenvalue weighted by Gasteiger charge is 2.27. The van der Waals surface area contributed by atoms with Crippen LogP contribution in [0.25, 0.3) is 0 Å². The highest BCUT2D eigenvalue weighted by atomic mass is 127. The molecule has 7 nitrogen and oxygen atoms in total. The Hall–Kier alpha value is -1.98. The van der Waals surface area contributed by atoms with Gasteiger partial charge in [-0.25, -0.2) is 8.42 Å². The molecule has 2 amide bonds. The van der Waals surface area contributed by atoms with Crippen molar-refractivity contribution in [3.05, 3.63) is 63.2 Å². The van der Waals surface area contributed by atoms with Crippen LogP contribution in [0.1, 0.15) is 33.6 Å². The first-order chi connectivity index (χ1) is 12.9. The first kappa shape index (κ1) is 19.8. The van der Waals surface area contributed by atoms with Crippen molar-refractivity contribution in [3.8, 4) is 0 Å². The number of hydrogen-bond donors (Lipinski definition) is 2. The topological polar surface area (TPSA) is 95.6 Å². The van der Waals surface area contributed by atoms with Gasteiger partial charge in [0.2, 0.25) is 10.0 Å². The van der Waals surface area contributed by atoms with Gasteiger partial charge >= 0.3 is 0 Å². The lowest BCUT2D eigenvalue weighted by Crippen LogP contribution is -2.41. The monoisotopic (exact) mass is 499 g/mol. The molecular weight excluding hydrogens is 481 g/mol. The molecule has 9 heteroatoms. The van der Waals surface area contributed by atoms with Gasteiger partial charge in [0.15, 0.2) is 0 Å². The zero-order valence-electron chi connectivity index (χ0n) is 14.3. The normalized spacial score (nSPS) is 14.7. The average Bonchev–Trinajstić information content (AvgIpc) is 3.21. The van der Waals surface area contributed by atoms with E-state index >= 15 is 0 Å². The van der Waals surface area contributed by atoms with Gasteiger partial charge in [0.1, 0.15) is 0 Å². The molecule has 2 aromatic rings. The Bertz CT molecular complexity index is 972. The smallest absolute Gasteiger partial charge is 0.267 e. The number of benzene rings is 2. The van der Waals surface area contributed by atoms with E-state index in [4.69, 9.17) is 0 Å². The maximum absolute atomic E-state index is 12.6. The number of carbonyl (C=O) groups excluding carboxylic acids is 2. The number of hydrazine groups is 1. The first-order valence-corrected chi connectivity index (χ1v) is 10.9. The highest BCUT2D eigenvalue weighted by Crippen LogP contribution is 2.21. The summed E-state index contributed by atoms with van der Waals surface area (Å²) in [4.78, 5) is 24.5. The third-order valence-electron chi connectivity index (χ3n) is 4.18. The lowest BCUT2D eigenvalue weighted by Gasteiger charge is -2.16. The van der Waals surface area contributed by atoms with Crippen molar-refractivity contribution in [1.82, 2.24) is 15.2 Å². The Kier molecular flexibility index (Phi) is 6.12. The average molecular weight is 499 g/mol. The van der Waals surface area contributed by atoms with E-state index in [0.717, 1.165) is 16.4 Å². The number of halogens is 1. The quantitative estimate of drug-likeness (QED) is 0.498. The number of hydrogen-bond acceptors (Lipinski definition) is 4. The second-order valence-electron chi connectivity index (χ2n) is 6.06. The van der Waals surface area contributed by atoms with Crippen LogP contribution in [-0.4, -0.2) is 37.6 Å². The van der Waals surface area contributed by atoms with Crippen molar-refractivity contribution in [2.45, 2.75) is 17.7 Å². The molecule has 0 bridgehead atoms. The summed E-state index contributed by atoms with van der Waals surface area (Å²) in [5.74, 6) is -1.05. The molecule has 27 heavy (non-hydrogen) atoms. The molecule has 0 unspecified atom stereocenters. The van der Waals surface area contributed by atoms with Crippen LogP contribution in [0.15, 0.2) is 53.4 Å². The summed E-state index contributed by atoms with van der Waals surface area (Å²) in [6, 6.07) is 12.7. The summed E-state index contributed by atoms with van der Waals surface area (Å²) in [7, 11) is -3.61. The Morgan fingerprint density at radius 2 is 1.44 bits per heavy atom. The predicted molar refractivity (Wildman–Crippen MR) is 109 cm³/mol. The Labute approximate surface area is 171 Å². The van der Waals surface area contributed by atoms with Crippen molar-refractivity contribution in [3.63, 3.8) is 0 Å². The molecule has 3 rings (SSSR count). The van der Waals surface area contributed by atoms with E-state index < -0.39 is 21.8 Å². The fraction of sp³-hybridized carbons (Fsp3) is 0.222. The van der Waals surface area contributed by atoms with Crippen molar-refractivity contribution in [1.29, 1.82) is 0 Å². The summed E-state index contributed by atoms with van der Waals surface area (Å²) >= 11 is 2.09. The zero-order valence-corrected chi connectivity index (χ0v) is 17.3. The van der Waals surface area contributed by atoms with E-state index in [1.165, 1.54) is 28.6 Å². The molecule has 0 aliphatic carbocycles. The Morgan fingerprint density at radius 3 is 2.04 bits per heavy atom. The van der Waals surface area contributed by atoms with Crippen LogP contribution in [0.2, 0.25) is 0 Å². The minimum Gasteiger partial charge on any atom is -0.267 e. The second-order valence-corrected chi connectivity index (χ2v) is 9.24. The molecule has 142 valence electrons. The standard InChI is InChI=1S/C18H18IN3O4S/c19-15-7-3-5-13(11-15)17(23)20-21-18(24)14-6-4-8-16(12-14)27(25,26)22-9-1-2-10-22/h3-8,11-12H,1-2,9-10H2,(H,20,23)(H,21,24). The first-order valence-electron chi connectivity index (χ1n) is 8.34. The number of nitrogens with zero attached hydrogens (tertiary/aromatic N) is 1. The molecule has 1 heterocycles. The zero-order chi connectivity index (χ0) is 19.4. The number of rotatable bonds is 4. The molecule has 0 atom stereocenters. The lowest BCUT2D eigenvalue weighted by molar-refractivity contribution is 0.0846. The van der Waals surface area contributed by atoms with Gasteiger partial charge in [-0.2, -0.15) is 4.31 Å². The van der Waals surface area contributed by atoms with Crippen LogP contribution >= 0.6 is 22.6 Å². The number of nitrogens with one attached hydrogen (secondary N) is 2. The fourth-order valence-electron chi connectivity index (χ4n) is 2.76. The predicted octanol–water partition coefficient (Wildman–Crippen LogP) is 2.15. The van der Waals surface area contributed by atoms with E-state index in [1.807, 2.05) is 6.07 Å². The van der Waals surface area contributed by atoms with Gasteiger partial charge in [-0.05, 0) is 71.8 Å². The summed E-state index contributed by atoms with van der Waals surface area (Å²) in [6.07, 6.45) is 1.67. The lowest BCUT2D eigenvalue weighted by atomic mass is 10.2. The molecule has 1 aliphatic heterocycles. The maximum Gasteiger partial charge on any atom is 0.269 e. The summed E-state index contributed by atoms with van der Waals surface area (Å²) in [6.45, 7) is 0.982. The van der Waals surface area contributed by atoms with Crippen molar-refractivity contribution in [2.75, 3.05) is 13.1 Å². The van der Waals surface area contributed by atoms with Crippen molar-refractivity contribution >= 4 is 44.4 Å². The van der Waals surface area contributed by atoms with E-state index in [2.05, 4.69) is 33.4 Å². The van der Waals surface area contributed by atoms with Gasteiger partial charge in [-0.15, -0.1) is 0 Å². The van der Waals surface area contributed by atoms with Crippen molar-refractivity contribution in [2.24, 2.45) is 0 Å². The molecule has 2 aromatic carbocycles. The van der Waals surface area contributed by atoms with Gasteiger partial charge in [0.25, 0.3) is 11.8 Å².